The van der Waals surface area contributed by atoms with Crippen LogP contribution >= 0.6 is 11.6 Å². The fourth-order valence-corrected chi connectivity index (χ4v) is 8.78. The van der Waals surface area contributed by atoms with Crippen LogP contribution < -0.4 is 10.2 Å². The second kappa shape index (κ2) is 14.2. The molecule has 280 valence electrons. The van der Waals surface area contributed by atoms with E-state index in [-0.39, 0.29) is 29.9 Å². The molecule has 0 spiro atoms. The molecule has 4 aromatic rings. The maximum absolute atomic E-state index is 13.3. The van der Waals surface area contributed by atoms with Crippen molar-refractivity contribution in [3.8, 4) is 17.2 Å². The summed E-state index contributed by atoms with van der Waals surface area (Å²) in [5.74, 6) is -0.713. The number of piperidine rings is 1. The molecular formula is C43H41ClN6O5. The van der Waals surface area contributed by atoms with Crippen LogP contribution in [0.2, 0.25) is 5.02 Å². The Kier molecular flexibility index (Phi) is 9.42. The summed E-state index contributed by atoms with van der Waals surface area (Å²) in [7, 11) is 0. The molecule has 0 radical (unpaired) electrons. The van der Waals surface area contributed by atoms with Crippen LogP contribution in [-0.4, -0.2) is 52.5 Å². The first-order chi connectivity index (χ1) is 26.5. The van der Waals surface area contributed by atoms with Crippen LogP contribution in [0.4, 0.5) is 17.1 Å². The molecule has 3 heterocycles. The number of fused-ring (bicyclic) bond motifs is 1. The molecule has 4 amide bonds. The third-order valence-electron chi connectivity index (χ3n) is 11.8. The number of rotatable bonds is 9. The maximum Gasteiger partial charge on any atom is 0.262 e. The number of aromatic nitrogens is 1. The van der Waals surface area contributed by atoms with E-state index in [2.05, 4.69) is 52.6 Å². The first-order valence-electron chi connectivity index (χ1n) is 18.9. The van der Waals surface area contributed by atoms with E-state index >= 15 is 0 Å². The van der Waals surface area contributed by atoms with Crippen molar-refractivity contribution in [3.05, 3.63) is 93.3 Å². The topological polar surface area (TPSA) is 149 Å². The number of aryl methyl sites for hydroxylation is 3. The Morgan fingerprint density at radius 2 is 1.75 bits per heavy atom. The quantitative estimate of drug-likeness (QED) is 0.133. The van der Waals surface area contributed by atoms with Crippen LogP contribution in [0.15, 0.2) is 64.1 Å². The average Bonchev–Trinajstić information content (AvgIpc) is 3.84. The molecule has 8 rings (SSSR count). The van der Waals surface area contributed by atoms with Crippen molar-refractivity contribution in [1.29, 1.82) is 5.26 Å². The number of carbonyl (C=O) groups excluding carboxylic acids is 4. The van der Waals surface area contributed by atoms with E-state index in [0.717, 1.165) is 95.1 Å². The Hall–Kier alpha value is -5.60. The standard InChI is InChI=1S/C43H41ClN6O5/c1-24-4-9-29(39-25(2)48-55-26(39)3)18-37(24)49(31-11-13-34(35(44)20-31)43(23-45)16-17-43)22-28-7-5-27(6-8-28)21-46-30-10-12-32-33(19-30)42(54)50(41(32)53)36-14-15-38(51)47-40(36)52/h4,9-13,18-21,27-28,36H,5-8,14-17,22H2,1-3H3,(H,47,51,52). The van der Waals surface area contributed by atoms with Gasteiger partial charge in [0.05, 0.1) is 34.0 Å². The van der Waals surface area contributed by atoms with Gasteiger partial charge in [-0.05, 0) is 131 Å². The number of anilines is 2. The molecule has 3 aromatic carbocycles. The number of hydrogen-bond acceptors (Lipinski definition) is 9. The minimum atomic E-state index is -1.01. The van der Waals surface area contributed by atoms with Crippen molar-refractivity contribution in [2.45, 2.75) is 83.6 Å². The molecule has 1 atom stereocenters. The summed E-state index contributed by atoms with van der Waals surface area (Å²) in [6, 6.07) is 19.0. The van der Waals surface area contributed by atoms with E-state index in [1.165, 1.54) is 0 Å². The predicted molar refractivity (Wildman–Crippen MR) is 208 cm³/mol. The number of imide groups is 2. The Balaban J connectivity index is 0.988. The lowest BCUT2D eigenvalue weighted by Crippen LogP contribution is -2.54. The molecule has 3 fully saturated rings. The molecule has 1 unspecified atom stereocenters. The molecule has 11 nitrogen and oxygen atoms in total. The van der Waals surface area contributed by atoms with E-state index < -0.39 is 35.1 Å². The number of nitrogens with zero attached hydrogens (tertiary/aromatic N) is 5. The minimum Gasteiger partial charge on any atom is -0.361 e. The zero-order valence-electron chi connectivity index (χ0n) is 31.0. The minimum absolute atomic E-state index is 0.0707. The highest BCUT2D eigenvalue weighted by molar-refractivity contribution is 6.32. The number of benzene rings is 3. The molecule has 12 heteroatoms. The third kappa shape index (κ3) is 6.73. The van der Waals surface area contributed by atoms with E-state index in [0.29, 0.717) is 16.6 Å². The van der Waals surface area contributed by atoms with Crippen LogP contribution in [0.1, 0.15) is 94.7 Å². The SMILES string of the molecule is Cc1ccc(-c2c(C)noc2C)cc1N(CC1CCC(C=Nc2ccc3c(c2)C(=O)N(C2CCC(=O)NC2=O)C3=O)CC1)c1ccc(C2(C#N)CC2)c(Cl)c1. The van der Waals surface area contributed by atoms with Gasteiger partial charge in [-0.1, -0.05) is 35.0 Å². The third-order valence-corrected chi connectivity index (χ3v) is 12.1. The second-order valence-corrected chi connectivity index (χ2v) is 15.8. The molecule has 55 heavy (non-hydrogen) atoms. The van der Waals surface area contributed by atoms with Gasteiger partial charge >= 0.3 is 0 Å². The van der Waals surface area contributed by atoms with Crippen molar-refractivity contribution >= 4 is 58.5 Å². The number of halogens is 1. The first kappa shape index (κ1) is 36.4. The maximum atomic E-state index is 13.3. The molecule has 0 bridgehead atoms. The lowest BCUT2D eigenvalue weighted by atomic mass is 9.82. The van der Waals surface area contributed by atoms with Gasteiger partial charge in [-0.15, -0.1) is 0 Å². The van der Waals surface area contributed by atoms with E-state index in [1.807, 2.05) is 32.2 Å². The van der Waals surface area contributed by atoms with Gasteiger partial charge in [-0.3, -0.25) is 34.4 Å². The molecule has 1 aromatic heterocycles. The van der Waals surface area contributed by atoms with Crippen molar-refractivity contribution in [2.24, 2.45) is 16.8 Å². The normalized spacial score (nSPS) is 21.8. The van der Waals surface area contributed by atoms with Gasteiger partial charge in [0.1, 0.15) is 11.8 Å². The average molecular weight is 757 g/mol. The summed E-state index contributed by atoms with van der Waals surface area (Å²) in [5, 5.41) is 16.9. The highest BCUT2D eigenvalue weighted by atomic mass is 35.5. The Morgan fingerprint density at radius 1 is 0.982 bits per heavy atom. The van der Waals surface area contributed by atoms with Crippen LogP contribution in [0.3, 0.4) is 0 Å². The Morgan fingerprint density at radius 3 is 2.42 bits per heavy atom. The zero-order valence-corrected chi connectivity index (χ0v) is 31.8. The molecular weight excluding hydrogens is 716 g/mol. The highest BCUT2D eigenvalue weighted by Crippen LogP contribution is 2.51. The van der Waals surface area contributed by atoms with Crippen molar-refractivity contribution in [1.82, 2.24) is 15.4 Å². The number of carbonyl (C=O) groups is 4. The monoisotopic (exact) mass is 756 g/mol. The molecule has 1 saturated heterocycles. The van der Waals surface area contributed by atoms with Gasteiger partial charge in [0.2, 0.25) is 11.8 Å². The van der Waals surface area contributed by atoms with Crippen LogP contribution in [-0.2, 0) is 15.0 Å². The molecule has 2 aliphatic heterocycles. The fourth-order valence-electron chi connectivity index (χ4n) is 8.43. The predicted octanol–water partition coefficient (Wildman–Crippen LogP) is 8.22. The van der Waals surface area contributed by atoms with E-state index in [9.17, 15) is 24.4 Å². The summed E-state index contributed by atoms with van der Waals surface area (Å²) < 4.78 is 5.51. The van der Waals surface area contributed by atoms with Crippen LogP contribution in [0.25, 0.3) is 11.1 Å². The lowest BCUT2D eigenvalue weighted by molar-refractivity contribution is -0.136. The molecule has 1 N–H and O–H groups in total. The Bertz CT molecular complexity index is 2310. The summed E-state index contributed by atoms with van der Waals surface area (Å²) >= 11 is 6.93. The number of nitriles is 1. The number of amides is 4. The van der Waals surface area contributed by atoms with E-state index in [4.69, 9.17) is 21.1 Å². The summed E-state index contributed by atoms with van der Waals surface area (Å²) in [5.41, 5.74) is 7.48. The summed E-state index contributed by atoms with van der Waals surface area (Å²) in [4.78, 5) is 58.5. The number of nitrogens with one attached hydrogen (secondary N) is 1. The van der Waals surface area contributed by atoms with Gasteiger partial charge in [-0.25, -0.2) is 0 Å². The molecule has 4 aliphatic rings. The van der Waals surface area contributed by atoms with Crippen LogP contribution in [0, 0.1) is 43.9 Å². The number of aliphatic imine (C=N–C) groups is 1. The van der Waals surface area contributed by atoms with Gasteiger partial charge in [-0.2, -0.15) is 5.26 Å². The largest absolute Gasteiger partial charge is 0.361 e. The van der Waals surface area contributed by atoms with Crippen molar-refractivity contribution in [2.75, 3.05) is 11.4 Å². The number of hydrogen-bond donors (Lipinski definition) is 1. The van der Waals surface area contributed by atoms with Gasteiger partial charge in [0, 0.05) is 41.1 Å². The van der Waals surface area contributed by atoms with Crippen molar-refractivity contribution in [3.63, 3.8) is 0 Å². The Labute approximate surface area is 324 Å². The van der Waals surface area contributed by atoms with Gasteiger partial charge < -0.3 is 9.42 Å². The van der Waals surface area contributed by atoms with Gasteiger partial charge in [0.15, 0.2) is 0 Å². The molecule has 2 saturated carbocycles. The second-order valence-electron chi connectivity index (χ2n) is 15.4. The smallest absolute Gasteiger partial charge is 0.262 e. The lowest BCUT2D eigenvalue weighted by Gasteiger charge is -2.34. The highest BCUT2D eigenvalue weighted by Gasteiger charge is 2.47. The fraction of sp³-hybridized carbons (Fsp3) is 0.372. The molecule has 2 aliphatic carbocycles. The summed E-state index contributed by atoms with van der Waals surface area (Å²) in [6.45, 7) is 6.78. The van der Waals surface area contributed by atoms with E-state index in [1.54, 1.807) is 18.2 Å². The van der Waals surface area contributed by atoms with Crippen LogP contribution in [0.5, 0.6) is 0 Å². The summed E-state index contributed by atoms with van der Waals surface area (Å²) in [6.07, 6.45) is 7.63. The zero-order chi connectivity index (χ0) is 38.6. The van der Waals surface area contributed by atoms with Crippen molar-refractivity contribution < 1.29 is 23.7 Å². The van der Waals surface area contributed by atoms with Gasteiger partial charge in [0.25, 0.3) is 11.8 Å². The first-order valence-corrected chi connectivity index (χ1v) is 19.3.